The fourth-order valence-corrected chi connectivity index (χ4v) is 2.96. The number of carboxylic acids is 1. The predicted octanol–water partition coefficient (Wildman–Crippen LogP) is 0.604. The monoisotopic (exact) mass is 481 g/mol. The standard InChI is InChI=1S/C21H25N5O7.Na/c1-3-4-9-24(10-11-33-14-21(27)28)16-5-7-18(15(2)12-16)22-23-19-8-6-17(25(29)30)13-20(19)26(31)32;/h5-8,12-13H,3-4,9-11,14H2,1-2H3,(H,27,28);/q;+1/p-1. The summed E-state index contributed by atoms with van der Waals surface area (Å²) < 4.78 is 5.09. The molecule has 0 saturated carbocycles. The van der Waals surface area contributed by atoms with Crippen LogP contribution in [0.5, 0.6) is 0 Å². The van der Waals surface area contributed by atoms with E-state index in [1.54, 1.807) is 6.07 Å². The number of aryl methyl sites for hydroxylation is 1. The van der Waals surface area contributed by atoms with E-state index < -0.39 is 33.8 Å². The molecule has 34 heavy (non-hydrogen) atoms. The number of ether oxygens (including phenoxy) is 1. The van der Waals surface area contributed by atoms with Gasteiger partial charge in [-0.05, 0) is 43.2 Å². The molecule has 0 amide bonds. The van der Waals surface area contributed by atoms with Gasteiger partial charge in [0.2, 0.25) is 0 Å². The third-order valence-corrected chi connectivity index (χ3v) is 4.68. The van der Waals surface area contributed by atoms with Crippen molar-refractivity contribution >= 4 is 34.4 Å². The Balaban J connectivity index is 0.00000578. The fourth-order valence-electron chi connectivity index (χ4n) is 2.96. The van der Waals surface area contributed by atoms with Crippen molar-refractivity contribution in [1.82, 2.24) is 0 Å². The Bertz CT molecular complexity index is 1050. The van der Waals surface area contributed by atoms with Gasteiger partial charge in [-0.15, -0.1) is 5.11 Å². The topological polar surface area (TPSA) is 164 Å². The Morgan fingerprint density at radius 1 is 1.03 bits per heavy atom. The van der Waals surface area contributed by atoms with Crippen molar-refractivity contribution < 1.29 is 54.0 Å². The van der Waals surface area contributed by atoms with Crippen LogP contribution in [0.15, 0.2) is 46.6 Å². The van der Waals surface area contributed by atoms with Gasteiger partial charge in [0, 0.05) is 24.8 Å². The molecule has 0 aromatic heterocycles. The van der Waals surface area contributed by atoms with E-state index in [0.717, 1.165) is 42.8 Å². The van der Waals surface area contributed by atoms with Crippen LogP contribution in [-0.4, -0.2) is 42.1 Å². The average Bonchev–Trinajstić information content (AvgIpc) is 2.77. The summed E-state index contributed by atoms with van der Waals surface area (Å²) in [6, 6.07) is 8.58. The third-order valence-electron chi connectivity index (χ3n) is 4.68. The second-order valence-corrected chi connectivity index (χ2v) is 7.12. The number of nitro benzene ring substituents is 2. The van der Waals surface area contributed by atoms with Crippen LogP contribution in [0, 0.1) is 27.2 Å². The maximum absolute atomic E-state index is 11.3. The van der Waals surface area contributed by atoms with E-state index in [-0.39, 0.29) is 41.9 Å². The average molecular weight is 481 g/mol. The number of nitrogens with zero attached hydrogens (tertiary/aromatic N) is 5. The summed E-state index contributed by atoms with van der Waals surface area (Å²) in [6.45, 7) is 4.88. The number of non-ortho nitro benzene ring substituents is 1. The van der Waals surface area contributed by atoms with E-state index in [1.807, 2.05) is 19.1 Å². The van der Waals surface area contributed by atoms with Gasteiger partial charge in [-0.1, -0.05) is 13.3 Å². The van der Waals surface area contributed by atoms with Crippen LogP contribution in [0.1, 0.15) is 25.3 Å². The Morgan fingerprint density at radius 3 is 2.29 bits per heavy atom. The van der Waals surface area contributed by atoms with E-state index in [4.69, 9.17) is 4.74 Å². The molecule has 2 aromatic rings. The molecule has 13 heteroatoms. The molecule has 0 heterocycles. The third kappa shape index (κ3) is 8.78. The van der Waals surface area contributed by atoms with Crippen molar-refractivity contribution in [2.45, 2.75) is 26.7 Å². The molecule has 0 saturated heterocycles. The summed E-state index contributed by atoms with van der Waals surface area (Å²) >= 11 is 0. The van der Waals surface area contributed by atoms with Crippen LogP contribution in [0.25, 0.3) is 0 Å². The first-order valence-corrected chi connectivity index (χ1v) is 10.2. The van der Waals surface area contributed by atoms with Crippen LogP contribution in [0.2, 0.25) is 0 Å². The first-order chi connectivity index (χ1) is 15.7. The van der Waals surface area contributed by atoms with Gasteiger partial charge < -0.3 is 19.5 Å². The van der Waals surface area contributed by atoms with Gasteiger partial charge in [0.05, 0.1) is 40.8 Å². The molecule has 0 bridgehead atoms. The van der Waals surface area contributed by atoms with E-state index in [0.29, 0.717) is 12.2 Å². The van der Waals surface area contributed by atoms with Crippen molar-refractivity contribution in [3.63, 3.8) is 0 Å². The quantitative estimate of drug-likeness (QED) is 0.132. The summed E-state index contributed by atoms with van der Waals surface area (Å²) in [4.78, 5) is 33.2. The van der Waals surface area contributed by atoms with E-state index in [2.05, 4.69) is 22.1 Å². The minimum atomic E-state index is -1.27. The molecule has 0 aliphatic rings. The summed E-state index contributed by atoms with van der Waals surface area (Å²) in [5.74, 6) is -1.27. The predicted molar refractivity (Wildman–Crippen MR) is 118 cm³/mol. The number of hydrogen-bond donors (Lipinski definition) is 0. The van der Waals surface area contributed by atoms with E-state index in [1.165, 1.54) is 6.07 Å². The van der Waals surface area contributed by atoms with Crippen molar-refractivity contribution in [1.29, 1.82) is 0 Å². The Kier molecular flexibility index (Phi) is 12.3. The van der Waals surface area contributed by atoms with Gasteiger partial charge in [0.25, 0.3) is 5.69 Å². The van der Waals surface area contributed by atoms with Gasteiger partial charge in [0.15, 0.2) is 5.69 Å². The van der Waals surface area contributed by atoms with E-state index >= 15 is 0 Å². The molecule has 0 fully saturated rings. The number of carboxylic acid groups (broad SMARTS) is 1. The number of aliphatic carboxylic acids is 1. The van der Waals surface area contributed by atoms with Gasteiger partial charge in [0.1, 0.15) is 0 Å². The number of anilines is 1. The fraction of sp³-hybridized carbons (Fsp3) is 0.381. The number of rotatable bonds is 13. The first-order valence-electron chi connectivity index (χ1n) is 10.2. The second-order valence-electron chi connectivity index (χ2n) is 7.12. The molecule has 12 nitrogen and oxygen atoms in total. The molecule has 0 radical (unpaired) electrons. The summed E-state index contributed by atoms with van der Waals surface area (Å²) in [5.41, 5.74) is 1.12. The largest absolute Gasteiger partial charge is 1.00 e. The minimum Gasteiger partial charge on any atom is -0.548 e. The molecular weight excluding hydrogens is 457 g/mol. The molecule has 2 aromatic carbocycles. The maximum atomic E-state index is 11.3. The van der Waals surface area contributed by atoms with Crippen LogP contribution in [0.4, 0.5) is 28.4 Å². The summed E-state index contributed by atoms with van der Waals surface area (Å²) in [7, 11) is 0. The molecule has 0 aliphatic carbocycles. The number of azo groups is 1. The van der Waals surface area contributed by atoms with Crippen molar-refractivity contribution in [3.8, 4) is 0 Å². The number of hydrogen-bond acceptors (Lipinski definition) is 10. The normalized spacial score (nSPS) is 10.6. The van der Waals surface area contributed by atoms with E-state index in [9.17, 15) is 30.1 Å². The van der Waals surface area contributed by atoms with Crippen molar-refractivity contribution in [2.75, 3.05) is 31.2 Å². The Hall–Kier alpha value is -2.93. The minimum absolute atomic E-state index is 0. The second kappa shape index (κ2) is 14.4. The molecular formula is C21H24N5NaO7. The molecule has 0 aliphatic heterocycles. The SMILES string of the molecule is CCCCN(CCOCC(=O)[O-])c1ccc(N=Nc2ccc([N+](=O)[O-])cc2[N+](=O)[O-])c(C)c1.[Na+]. The maximum Gasteiger partial charge on any atom is 1.00 e. The van der Waals surface area contributed by atoms with Crippen LogP contribution in [0.3, 0.4) is 0 Å². The zero-order valence-corrected chi connectivity index (χ0v) is 21.3. The number of carbonyl (C=O) groups is 1. The molecule has 0 spiro atoms. The summed E-state index contributed by atoms with van der Waals surface area (Å²) in [5, 5.41) is 40.6. The van der Waals surface area contributed by atoms with Crippen LogP contribution in [-0.2, 0) is 9.53 Å². The molecule has 0 unspecified atom stereocenters. The smallest absolute Gasteiger partial charge is 0.548 e. The van der Waals surface area contributed by atoms with Gasteiger partial charge >= 0.3 is 35.2 Å². The van der Waals surface area contributed by atoms with Crippen LogP contribution >= 0.6 is 0 Å². The van der Waals surface area contributed by atoms with Crippen molar-refractivity contribution in [3.05, 3.63) is 62.2 Å². The Morgan fingerprint density at radius 2 is 1.71 bits per heavy atom. The first kappa shape index (κ1) is 29.1. The number of benzene rings is 2. The van der Waals surface area contributed by atoms with Gasteiger partial charge in [-0.3, -0.25) is 20.2 Å². The van der Waals surface area contributed by atoms with Gasteiger partial charge in [-0.2, -0.15) is 5.11 Å². The molecule has 0 N–H and O–H groups in total. The number of carbonyl (C=O) groups excluding carboxylic acids is 1. The summed E-state index contributed by atoms with van der Waals surface area (Å²) in [6.07, 6.45) is 1.92. The van der Waals surface area contributed by atoms with Gasteiger partial charge in [-0.25, -0.2) is 0 Å². The molecule has 176 valence electrons. The molecule has 0 atom stereocenters. The van der Waals surface area contributed by atoms with Crippen molar-refractivity contribution in [2.24, 2.45) is 10.2 Å². The molecule has 2 rings (SSSR count). The number of nitro groups is 2. The zero-order valence-electron chi connectivity index (χ0n) is 19.3. The van der Waals surface area contributed by atoms with Crippen LogP contribution < -0.4 is 39.6 Å². The Labute approximate surface area is 218 Å². The zero-order chi connectivity index (χ0) is 24.4. The number of unbranched alkanes of at least 4 members (excludes halogenated alkanes) is 1.